The van der Waals surface area contributed by atoms with Gasteiger partial charge in [0.1, 0.15) is 5.82 Å². The zero-order valence-electron chi connectivity index (χ0n) is 13.0. The number of carbonyl (C=O) groups excluding carboxylic acids is 3. The Morgan fingerprint density at radius 1 is 1.04 bits per heavy atom. The summed E-state index contributed by atoms with van der Waals surface area (Å²) in [5, 5.41) is 15.9. The van der Waals surface area contributed by atoms with Crippen molar-refractivity contribution in [3.05, 3.63) is 35.6 Å². The average Bonchev–Trinajstić information content (AvgIpc) is 2.50. The first-order valence-corrected chi connectivity index (χ1v) is 7.05. The molecule has 9 heteroatoms. The van der Waals surface area contributed by atoms with Gasteiger partial charge in [0.15, 0.2) is 0 Å². The van der Waals surface area contributed by atoms with E-state index in [0.717, 1.165) is 12.1 Å². The maximum atomic E-state index is 12.9. The van der Waals surface area contributed by atoms with Crippen molar-refractivity contribution in [1.82, 2.24) is 16.0 Å². The fourth-order valence-corrected chi connectivity index (χ4v) is 1.81. The van der Waals surface area contributed by atoms with E-state index in [0.29, 0.717) is 5.56 Å². The molecular formula is C15H18FN3O5. The lowest BCUT2D eigenvalue weighted by Crippen LogP contribution is -2.42. The summed E-state index contributed by atoms with van der Waals surface area (Å²) in [4.78, 5) is 44.8. The summed E-state index contributed by atoms with van der Waals surface area (Å²) in [6, 6.07) is 4.21. The molecule has 0 aliphatic carbocycles. The summed E-state index contributed by atoms with van der Waals surface area (Å²) in [6.07, 6.45) is -0.392. The van der Waals surface area contributed by atoms with E-state index < -0.39 is 36.1 Å². The molecule has 3 amide bonds. The van der Waals surface area contributed by atoms with E-state index in [2.05, 4.69) is 16.0 Å². The fourth-order valence-electron chi connectivity index (χ4n) is 1.81. The van der Waals surface area contributed by atoms with E-state index in [1.165, 1.54) is 19.1 Å². The molecule has 0 aromatic heterocycles. The van der Waals surface area contributed by atoms with Gasteiger partial charge in [-0.2, -0.15) is 0 Å². The van der Waals surface area contributed by atoms with Gasteiger partial charge in [-0.05, 0) is 17.7 Å². The number of carbonyl (C=O) groups is 4. The van der Waals surface area contributed by atoms with Gasteiger partial charge >= 0.3 is 5.97 Å². The Morgan fingerprint density at radius 2 is 1.62 bits per heavy atom. The summed E-state index contributed by atoms with van der Waals surface area (Å²) in [5.41, 5.74) is 0.428. The highest BCUT2D eigenvalue weighted by molar-refractivity contribution is 5.88. The Hall–Kier alpha value is -2.97. The van der Waals surface area contributed by atoms with Crippen molar-refractivity contribution in [3.8, 4) is 0 Å². The molecule has 0 aliphatic heterocycles. The number of carboxylic acid groups (broad SMARTS) is 1. The third kappa shape index (κ3) is 7.34. The van der Waals surface area contributed by atoms with Crippen molar-refractivity contribution in [1.29, 1.82) is 0 Å². The van der Waals surface area contributed by atoms with Gasteiger partial charge in [-0.15, -0.1) is 0 Å². The van der Waals surface area contributed by atoms with Gasteiger partial charge in [0.05, 0.1) is 25.6 Å². The molecule has 1 aromatic carbocycles. The second kappa shape index (κ2) is 9.23. The van der Waals surface area contributed by atoms with Crippen LogP contribution in [0.1, 0.15) is 24.9 Å². The molecule has 0 fully saturated rings. The van der Waals surface area contributed by atoms with Gasteiger partial charge in [0.25, 0.3) is 0 Å². The van der Waals surface area contributed by atoms with Gasteiger partial charge in [-0.1, -0.05) is 12.1 Å². The molecule has 0 aliphatic rings. The van der Waals surface area contributed by atoms with Crippen LogP contribution in [-0.4, -0.2) is 41.9 Å². The maximum absolute atomic E-state index is 12.9. The Kier molecular flexibility index (Phi) is 7.34. The molecule has 0 saturated heterocycles. The van der Waals surface area contributed by atoms with Crippen LogP contribution in [0.3, 0.4) is 0 Å². The maximum Gasteiger partial charge on any atom is 0.305 e. The van der Waals surface area contributed by atoms with Crippen molar-refractivity contribution in [2.24, 2.45) is 0 Å². The van der Waals surface area contributed by atoms with Crippen LogP contribution < -0.4 is 16.0 Å². The summed E-state index contributed by atoms with van der Waals surface area (Å²) in [7, 11) is 0. The van der Waals surface area contributed by atoms with Crippen molar-refractivity contribution >= 4 is 23.7 Å². The number of carboxylic acids is 1. The molecular weight excluding hydrogens is 321 g/mol. The molecule has 1 rings (SSSR count). The van der Waals surface area contributed by atoms with E-state index in [9.17, 15) is 23.6 Å². The van der Waals surface area contributed by atoms with Crippen LogP contribution in [0.4, 0.5) is 4.39 Å². The van der Waals surface area contributed by atoms with E-state index in [1.54, 1.807) is 0 Å². The lowest BCUT2D eigenvalue weighted by Gasteiger charge is -2.17. The highest BCUT2D eigenvalue weighted by Crippen LogP contribution is 2.17. The Bertz CT molecular complexity index is 618. The molecule has 130 valence electrons. The molecule has 1 unspecified atom stereocenters. The Morgan fingerprint density at radius 3 is 2.17 bits per heavy atom. The van der Waals surface area contributed by atoms with Crippen LogP contribution in [0, 0.1) is 5.82 Å². The first-order valence-electron chi connectivity index (χ1n) is 7.05. The SMILES string of the molecule is CC(=O)NCC(=O)NCC(=O)NC(CC(=O)O)c1ccc(F)cc1. The van der Waals surface area contributed by atoms with Crippen LogP contribution >= 0.6 is 0 Å². The smallest absolute Gasteiger partial charge is 0.305 e. The number of aliphatic carboxylic acids is 1. The quantitative estimate of drug-likeness (QED) is 0.518. The summed E-state index contributed by atoms with van der Waals surface area (Å²) < 4.78 is 12.9. The predicted molar refractivity (Wildman–Crippen MR) is 81.2 cm³/mol. The monoisotopic (exact) mass is 339 g/mol. The molecule has 0 bridgehead atoms. The molecule has 0 spiro atoms. The van der Waals surface area contributed by atoms with Crippen molar-refractivity contribution in [2.45, 2.75) is 19.4 Å². The third-order valence-corrected chi connectivity index (χ3v) is 2.93. The average molecular weight is 339 g/mol. The summed E-state index contributed by atoms with van der Waals surface area (Å²) in [5.74, 6) is -3.17. The van der Waals surface area contributed by atoms with Crippen molar-refractivity contribution in [2.75, 3.05) is 13.1 Å². The highest BCUT2D eigenvalue weighted by atomic mass is 19.1. The number of amides is 3. The van der Waals surface area contributed by atoms with Crippen molar-refractivity contribution in [3.63, 3.8) is 0 Å². The van der Waals surface area contributed by atoms with Crippen LogP contribution in [0.15, 0.2) is 24.3 Å². The number of benzene rings is 1. The number of hydrogen-bond acceptors (Lipinski definition) is 4. The van der Waals surface area contributed by atoms with Crippen LogP contribution in [-0.2, 0) is 19.2 Å². The number of rotatable bonds is 8. The zero-order chi connectivity index (χ0) is 18.1. The molecule has 1 atom stereocenters. The Balaban J connectivity index is 2.58. The molecule has 0 radical (unpaired) electrons. The number of hydrogen-bond donors (Lipinski definition) is 4. The van der Waals surface area contributed by atoms with Crippen LogP contribution in [0.25, 0.3) is 0 Å². The van der Waals surface area contributed by atoms with Crippen molar-refractivity contribution < 1.29 is 28.7 Å². The summed E-state index contributed by atoms with van der Waals surface area (Å²) in [6.45, 7) is 0.605. The second-order valence-electron chi connectivity index (χ2n) is 4.96. The predicted octanol–water partition coefficient (Wildman–Crippen LogP) is -0.290. The molecule has 0 saturated carbocycles. The third-order valence-electron chi connectivity index (χ3n) is 2.93. The van der Waals surface area contributed by atoms with E-state index >= 15 is 0 Å². The van der Waals surface area contributed by atoms with E-state index in [4.69, 9.17) is 5.11 Å². The van der Waals surface area contributed by atoms with E-state index in [-0.39, 0.29) is 19.0 Å². The minimum atomic E-state index is -1.14. The van der Waals surface area contributed by atoms with Gasteiger partial charge in [-0.25, -0.2) is 4.39 Å². The van der Waals surface area contributed by atoms with Gasteiger partial charge < -0.3 is 21.1 Å². The van der Waals surface area contributed by atoms with Gasteiger partial charge in [-0.3, -0.25) is 19.2 Å². The molecule has 1 aromatic rings. The molecule has 8 nitrogen and oxygen atoms in total. The lowest BCUT2D eigenvalue weighted by atomic mass is 10.0. The molecule has 0 heterocycles. The van der Waals surface area contributed by atoms with Crippen LogP contribution in [0.2, 0.25) is 0 Å². The summed E-state index contributed by atoms with van der Waals surface area (Å²) >= 11 is 0. The largest absolute Gasteiger partial charge is 0.481 e. The fraction of sp³-hybridized carbons (Fsp3) is 0.333. The standard InChI is InChI=1S/C15H18FN3O5/c1-9(20)17-7-13(21)18-8-14(22)19-12(6-15(23)24)10-2-4-11(16)5-3-10/h2-5,12H,6-8H2,1H3,(H,17,20)(H,18,21)(H,19,22)(H,23,24). The number of halogens is 1. The molecule has 4 N–H and O–H groups in total. The van der Waals surface area contributed by atoms with E-state index in [1.807, 2.05) is 0 Å². The first-order chi connectivity index (χ1) is 11.3. The number of nitrogens with one attached hydrogen (secondary N) is 3. The second-order valence-corrected chi connectivity index (χ2v) is 4.96. The van der Waals surface area contributed by atoms with Crippen LogP contribution in [0.5, 0.6) is 0 Å². The van der Waals surface area contributed by atoms with Gasteiger partial charge in [0.2, 0.25) is 17.7 Å². The normalized spacial score (nSPS) is 11.2. The Labute approximate surface area is 137 Å². The minimum Gasteiger partial charge on any atom is -0.481 e. The minimum absolute atomic E-state index is 0.265. The molecule has 24 heavy (non-hydrogen) atoms. The lowest BCUT2D eigenvalue weighted by molar-refractivity contribution is -0.138. The first kappa shape index (κ1) is 19.1. The zero-order valence-corrected chi connectivity index (χ0v) is 13.0. The van der Waals surface area contributed by atoms with Gasteiger partial charge in [0, 0.05) is 6.92 Å². The topological polar surface area (TPSA) is 125 Å². The highest BCUT2D eigenvalue weighted by Gasteiger charge is 2.18.